The fourth-order valence-electron chi connectivity index (χ4n) is 1.01. The SMILES string of the molecule is COc1cc(OC)cc([NH+](C)[O-])c1. The van der Waals surface area contributed by atoms with Crippen molar-refractivity contribution in [3.8, 4) is 11.5 Å². The van der Waals surface area contributed by atoms with Crippen LogP contribution in [0.4, 0.5) is 5.69 Å². The standard InChI is InChI=1S/C9H13NO3/c1-10(11)7-4-8(12-2)6-9(5-7)13-3/h4-6,10H,1-3H3. The predicted octanol–water partition coefficient (Wildman–Crippen LogP) is 0.348. The molecule has 0 radical (unpaired) electrons. The van der Waals surface area contributed by atoms with Gasteiger partial charge >= 0.3 is 0 Å². The summed E-state index contributed by atoms with van der Waals surface area (Å²) in [5.74, 6) is 1.26. The molecule has 0 aliphatic carbocycles. The summed E-state index contributed by atoms with van der Waals surface area (Å²) in [4.78, 5) is 0. The molecule has 1 rings (SSSR count). The average Bonchev–Trinajstić information content (AvgIpc) is 2.16. The Morgan fingerprint density at radius 1 is 1.08 bits per heavy atom. The van der Waals surface area contributed by atoms with Crippen molar-refractivity contribution in [1.29, 1.82) is 0 Å². The summed E-state index contributed by atoms with van der Waals surface area (Å²) in [6, 6.07) is 5.10. The third-order valence-electron chi connectivity index (χ3n) is 1.76. The lowest BCUT2D eigenvalue weighted by atomic mass is 10.3. The van der Waals surface area contributed by atoms with Crippen LogP contribution in [0, 0.1) is 5.21 Å². The molecule has 0 aliphatic heterocycles. The second-order valence-corrected chi connectivity index (χ2v) is 2.66. The normalized spacial score (nSPS) is 12.3. The minimum Gasteiger partial charge on any atom is -0.629 e. The van der Waals surface area contributed by atoms with E-state index in [0.29, 0.717) is 17.2 Å². The van der Waals surface area contributed by atoms with Crippen molar-refractivity contribution in [2.24, 2.45) is 0 Å². The molecule has 13 heavy (non-hydrogen) atoms. The van der Waals surface area contributed by atoms with Crippen molar-refractivity contribution in [2.75, 3.05) is 21.3 Å². The van der Waals surface area contributed by atoms with Crippen molar-refractivity contribution in [3.63, 3.8) is 0 Å². The molecule has 0 bridgehead atoms. The van der Waals surface area contributed by atoms with E-state index >= 15 is 0 Å². The summed E-state index contributed by atoms with van der Waals surface area (Å²) in [5.41, 5.74) is 0.594. The molecule has 1 unspecified atom stereocenters. The molecule has 4 nitrogen and oxygen atoms in total. The number of hydroxylamine groups is 1. The van der Waals surface area contributed by atoms with Gasteiger partial charge in [-0.25, -0.2) is 0 Å². The minimum absolute atomic E-state index is 0.00259. The molecule has 4 heteroatoms. The van der Waals surface area contributed by atoms with Gasteiger partial charge in [0.25, 0.3) is 0 Å². The van der Waals surface area contributed by atoms with Gasteiger partial charge in [0.2, 0.25) is 0 Å². The Hall–Kier alpha value is -1.26. The highest BCUT2D eigenvalue weighted by Crippen LogP contribution is 2.23. The van der Waals surface area contributed by atoms with E-state index in [4.69, 9.17) is 9.47 Å². The topological polar surface area (TPSA) is 46.0 Å². The van der Waals surface area contributed by atoms with Gasteiger partial charge in [0.1, 0.15) is 17.2 Å². The van der Waals surface area contributed by atoms with E-state index in [1.807, 2.05) is 0 Å². The number of quaternary nitrogens is 1. The third kappa shape index (κ3) is 2.34. The summed E-state index contributed by atoms with van der Waals surface area (Å²) in [6.07, 6.45) is 0. The first-order chi connectivity index (χ1) is 6.17. The van der Waals surface area contributed by atoms with Gasteiger partial charge in [-0.2, -0.15) is 0 Å². The number of methoxy groups -OCH3 is 2. The fourth-order valence-corrected chi connectivity index (χ4v) is 1.01. The number of benzene rings is 1. The van der Waals surface area contributed by atoms with Gasteiger partial charge in [0.05, 0.1) is 21.3 Å². The van der Waals surface area contributed by atoms with Crippen molar-refractivity contribution >= 4 is 5.69 Å². The Kier molecular flexibility index (Phi) is 3.11. The summed E-state index contributed by atoms with van der Waals surface area (Å²) in [7, 11) is 4.62. The van der Waals surface area contributed by atoms with Crippen LogP contribution in [-0.4, -0.2) is 21.3 Å². The molecule has 0 aromatic heterocycles. The van der Waals surface area contributed by atoms with Gasteiger partial charge in [-0.15, -0.1) is 0 Å². The Balaban J connectivity index is 3.07. The van der Waals surface area contributed by atoms with Gasteiger partial charge in [-0.1, -0.05) is 0 Å². The predicted molar refractivity (Wildman–Crippen MR) is 49.5 cm³/mol. The van der Waals surface area contributed by atoms with Gasteiger partial charge < -0.3 is 19.7 Å². The van der Waals surface area contributed by atoms with Crippen LogP contribution in [-0.2, 0) is 0 Å². The second-order valence-electron chi connectivity index (χ2n) is 2.66. The van der Waals surface area contributed by atoms with Gasteiger partial charge in [0.15, 0.2) is 0 Å². The Morgan fingerprint density at radius 2 is 1.54 bits per heavy atom. The largest absolute Gasteiger partial charge is 0.629 e. The zero-order chi connectivity index (χ0) is 9.84. The summed E-state index contributed by atoms with van der Waals surface area (Å²) in [5, 5.41) is 11.1. The quantitative estimate of drug-likeness (QED) is 0.688. The number of nitrogens with one attached hydrogen (secondary N) is 1. The molecule has 0 heterocycles. The lowest BCUT2D eigenvalue weighted by Gasteiger charge is -2.17. The first kappa shape index (κ1) is 9.83. The molecule has 0 saturated heterocycles. The van der Waals surface area contributed by atoms with Crippen LogP contribution in [0.1, 0.15) is 0 Å². The van der Waals surface area contributed by atoms with Crippen LogP contribution in [0.5, 0.6) is 11.5 Å². The lowest BCUT2D eigenvalue weighted by Crippen LogP contribution is -2.98. The Bertz CT molecular complexity index is 264. The molecule has 1 aromatic carbocycles. The summed E-state index contributed by atoms with van der Waals surface area (Å²) < 4.78 is 10.0. The maximum absolute atomic E-state index is 11.1. The molecule has 0 spiro atoms. The molecule has 1 aromatic rings. The summed E-state index contributed by atoms with van der Waals surface area (Å²) >= 11 is 0. The maximum Gasteiger partial charge on any atom is 0.138 e. The zero-order valence-electron chi connectivity index (χ0n) is 7.96. The molecule has 0 fully saturated rings. The van der Waals surface area contributed by atoms with Crippen LogP contribution in [0.25, 0.3) is 0 Å². The van der Waals surface area contributed by atoms with Gasteiger partial charge in [-0.05, 0) is 0 Å². The molecular weight excluding hydrogens is 170 g/mol. The first-order valence-corrected chi connectivity index (χ1v) is 3.91. The molecule has 1 N–H and O–H groups in total. The van der Waals surface area contributed by atoms with E-state index < -0.39 is 0 Å². The number of hydrogen-bond donors (Lipinski definition) is 1. The van der Waals surface area contributed by atoms with Crippen molar-refractivity contribution < 1.29 is 14.5 Å². The fraction of sp³-hybridized carbons (Fsp3) is 0.333. The second kappa shape index (κ2) is 4.11. The number of rotatable bonds is 3. The minimum atomic E-state index is -0.00259. The van der Waals surface area contributed by atoms with Gasteiger partial charge in [0, 0.05) is 18.2 Å². The van der Waals surface area contributed by atoms with E-state index in [2.05, 4.69) is 0 Å². The third-order valence-corrected chi connectivity index (χ3v) is 1.76. The van der Waals surface area contributed by atoms with Crippen molar-refractivity contribution in [2.45, 2.75) is 0 Å². The van der Waals surface area contributed by atoms with Crippen molar-refractivity contribution in [3.05, 3.63) is 23.4 Å². The van der Waals surface area contributed by atoms with Crippen LogP contribution >= 0.6 is 0 Å². The van der Waals surface area contributed by atoms with Crippen LogP contribution < -0.4 is 14.5 Å². The molecule has 0 saturated carbocycles. The zero-order valence-corrected chi connectivity index (χ0v) is 7.96. The van der Waals surface area contributed by atoms with E-state index in [0.717, 1.165) is 0 Å². The highest BCUT2D eigenvalue weighted by molar-refractivity contribution is 5.45. The van der Waals surface area contributed by atoms with Gasteiger partial charge in [-0.3, -0.25) is 0 Å². The highest BCUT2D eigenvalue weighted by atomic mass is 16.5. The van der Waals surface area contributed by atoms with E-state index in [9.17, 15) is 5.21 Å². The van der Waals surface area contributed by atoms with E-state index in [-0.39, 0.29) is 5.06 Å². The molecule has 0 aliphatic rings. The smallest absolute Gasteiger partial charge is 0.138 e. The summed E-state index contributed by atoms with van der Waals surface area (Å²) in [6.45, 7) is 0. The molecule has 0 amide bonds. The molecule has 1 atom stereocenters. The van der Waals surface area contributed by atoms with Crippen molar-refractivity contribution in [1.82, 2.24) is 0 Å². The first-order valence-electron chi connectivity index (χ1n) is 3.91. The van der Waals surface area contributed by atoms with E-state index in [1.54, 1.807) is 32.4 Å². The Labute approximate surface area is 77.3 Å². The van der Waals surface area contributed by atoms with Crippen LogP contribution in [0.3, 0.4) is 0 Å². The number of hydrogen-bond acceptors (Lipinski definition) is 3. The monoisotopic (exact) mass is 183 g/mol. The average molecular weight is 183 g/mol. The highest BCUT2D eigenvalue weighted by Gasteiger charge is 2.04. The number of ether oxygens (including phenoxy) is 2. The van der Waals surface area contributed by atoms with Crippen LogP contribution in [0.15, 0.2) is 18.2 Å². The lowest BCUT2D eigenvalue weighted by molar-refractivity contribution is -0.751. The molecule has 72 valence electrons. The van der Waals surface area contributed by atoms with E-state index in [1.165, 1.54) is 7.05 Å². The van der Waals surface area contributed by atoms with Crippen LogP contribution in [0.2, 0.25) is 0 Å². The maximum atomic E-state index is 11.1. The Morgan fingerprint density at radius 3 is 1.85 bits per heavy atom. The molecular formula is C9H13NO3.